The summed E-state index contributed by atoms with van der Waals surface area (Å²) in [6, 6.07) is 12.0. The number of para-hydroxylation sites is 1. The molecule has 0 saturated heterocycles. The predicted molar refractivity (Wildman–Crippen MR) is 94.4 cm³/mol. The van der Waals surface area contributed by atoms with Crippen LogP contribution < -0.4 is 10.5 Å². The Morgan fingerprint density at radius 2 is 2.00 bits per heavy atom. The summed E-state index contributed by atoms with van der Waals surface area (Å²) in [5.41, 5.74) is -0.108. The molecule has 3 aromatic rings. The van der Waals surface area contributed by atoms with Crippen LogP contribution in [0.4, 0.5) is 10.1 Å². The minimum atomic E-state index is -0.533. The van der Waals surface area contributed by atoms with E-state index in [1.54, 1.807) is 24.3 Å². The van der Waals surface area contributed by atoms with E-state index in [1.165, 1.54) is 40.1 Å². The van der Waals surface area contributed by atoms with Crippen molar-refractivity contribution >= 4 is 11.6 Å². The lowest BCUT2D eigenvalue weighted by Gasteiger charge is -2.22. The molecule has 0 aliphatic rings. The Hall–Kier alpha value is -3.22. The van der Waals surface area contributed by atoms with E-state index in [9.17, 15) is 14.0 Å². The van der Waals surface area contributed by atoms with Crippen LogP contribution in [0.2, 0.25) is 0 Å². The maximum absolute atomic E-state index is 14.3. The number of halogens is 1. The van der Waals surface area contributed by atoms with Crippen molar-refractivity contribution in [1.29, 1.82) is 0 Å². The fraction of sp³-hybridized carbons (Fsp3) is 0.211. The summed E-state index contributed by atoms with van der Waals surface area (Å²) >= 11 is 0. The lowest BCUT2D eigenvalue weighted by molar-refractivity contribution is 0.0975. The van der Waals surface area contributed by atoms with E-state index in [2.05, 4.69) is 5.10 Å². The molecule has 0 saturated carbocycles. The van der Waals surface area contributed by atoms with E-state index >= 15 is 0 Å². The van der Waals surface area contributed by atoms with E-state index in [1.807, 2.05) is 6.92 Å². The fourth-order valence-electron chi connectivity index (χ4n) is 2.57. The molecule has 0 fully saturated rings. The molecule has 1 aromatic carbocycles. The van der Waals surface area contributed by atoms with Crippen molar-refractivity contribution in [3.8, 4) is 0 Å². The second-order valence-corrected chi connectivity index (χ2v) is 5.70. The third-order valence-electron chi connectivity index (χ3n) is 3.80. The number of carbonyl (C=O) groups excluding carboxylic acids is 1. The highest BCUT2D eigenvalue weighted by Gasteiger charge is 2.23. The summed E-state index contributed by atoms with van der Waals surface area (Å²) in [6.45, 7) is 2.35. The van der Waals surface area contributed by atoms with Gasteiger partial charge in [0.25, 0.3) is 11.5 Å². The van der Waals surface area contributed by atoms with Gasteiger partial charge >= 0.3 is 0 Å². The van der Waals surface area contributed by atoms with E-state index in [0.717, 1.165) is 0 Å². The molecule has 6 nitrogen and oxygen atoms in total. The molecule has 0 aliphatic carbocycles. The molecule has 0 N–H and O–H groups in total. The van der Waals surface area contributed by atoms with Gasteiger partial charge in [-0.1, -0.05) is 19.1 Å². The number of benzene rings is 1. The van der Waals surface area contributed by atoms with Gasteiger partial charge in [-0.15, -0.1) is 0 Å². The van der Waals surface area contributed by atoms with Gasteiger partial charge in [-0.05, 0) is 36.8 Å². The molecule has 2 aromatic heterocycles. The second-order valence-electron chi connectivity index (χ2n) is 5.70. The van der Waals surface area contributed by atoms with Crippen LogP contribution in [0.3, 0.4) is 0 Å². The number of nitrogens with zero attached hydrogens (tertiary/aromatic N) is 3. The molecule has 0 bridgehead atoms. The number of carbonyl (C=O) groups is 1. The Labute approximate surface area is 149 Å². The molecule has 0 aliphatic heterocycles. The van der Waals surface area contributed by atoms with Gasteiger partial charge in [0.1, 0.15) is 17.3 Å². The zero-order chi connectivity index (χ0) is 18.5. The molecular formula is C19H18FN3O3. The highest BCUT2D eigenvalue weighted by molar-refractivity contribution is 6.04. The molecule has 0 radical (unpaired) electrons. The topological polar surface area (TPSA) is 68.3 Å². The van der Waals surface area contributed by atoms with E-state index < -0.39 is 11.7 Å². The quantitative estimate of drug-likeness (QED) is 0.681. The zero-order valence-electron chi connectivity index (χ0n) is 14.3. The number of rotatable bonds is 6. The summed E-state index contributed by atoms with van der Waals surface area (Å²) in [7, 11) is 0. The van der Waals surface area contributed by atoms with Gasteiger partial charge in [0, 0.05) is 12.6 Å². The van der Waals surface area contributed by atoms with Crippen LogP contribution in [0.25, 0.3) is 0 Å². The van der Waals surface area contributed by atoms with Crippen molar-refractivity contribution in [2.75, 3.05) is 4.90 Å². The maximum atomic E-state index is 14.3. The number of hydrogen-bond acceptors (Lipinski definition) is 4. The third-order valence-corrected chi connectivity index (χ3v) is 3.80. The number of aryl methyl sites for hydroxylation is 1. The van der Waals surface area contributed by atoms with E-state index in [0.29, 0.717) is 18.7 Å². The number of anilines is 1. The maximum Gasteiger partial charge on any atom is 0.279 e. The first-order valence-corrected chi connectivity index (χ1v) is 8.27. The SMILES string of the molecule is CCCn1nc(C(=O)N(Cc2ccco2)c2ccccc2F)ccc1=O. The number of hydrogen-bond donors (Lipinski definition) is 0. The van der Waals surface area contributed by atoms with Crippen LogP contribution in [0.15, 0.2) is 64.0 Å². The van der Waals surface area contributed by atoms with Gasteiger partial charge in [-0.2, -0.15) is 5.10 Å². The Balaban J connectivity index is 2.01. The first kappa shape index (κ1) is 17.6. The first-order valence-electron chi connectivity index (χ1n) is 8.27. The molecule has 2 heterocycles. The van der Waals surface area contributed by atoms with Gasteiger partial charge in [0.2, 0.25) is 0 Å². The molecule has 1 amide bonds. The van der Waals surface area contributed by atoms with Crippen LogP contribution in [0.5, 0.6) is 0 Å². The predicted octanol–water partition coefficient (Wildman–Crippen LogP) is 3.23. The van der Waals surface area contributed by atoms with Crippen molar-refractivity contribution in [1.82, 2.24) is 9.78 Å². The fourth-order valence-corrected chi connectivity index (χ4v) is 2.57. The Morgan fingerprint density at radius 3 is 2.69 bits per heavy atom. The average molecular weight is 355 g/mol. The standard InChI is InChI=1S/C19H18FN3O3/c1-2-11-23-18(24)10-9-16(21-23)19(25)22(13-14-6-5-12-26-14)17-8-4-3-7-15(17)20/h3-10,12H,2,11,13H2,1H3. The minimum absolute atomic E-state index is 0.0430. The summed E-state index contributed by atoms with van der Waals surface area (Å²) in [5.74, 6) is -0.547. The summed E-state index contributed by atoms with van der Waals surface area (Å²) in [6.07, 6.45) is 2.19. The van der Waals surface area contributed by atoms with Crippen molar-refractivity contribution in [2.45, 2.75) is 26.4 Å². The minimum Gasteiger partial charge on any atom is -0.467 e. The average Bonchev–Trinajstić information content (AvgIpc) is 3.15. The molecule has 0 unspecified atom stereocenters. The normalized spacial score (nSPS) is 10.7. The molecule has 7 heteroatoms. The number of aromatic nitrogens is 2. The molecular weight excluding hydrogens is 337 g/mol. The summed E-state index contributed by atoms with van der Waals surface area (Å²) in [5, 5.41) is 4.13. The molecule has 3 rings (SSSR count). The molecule has 0 atom stereocenters. The third kappa shape index (κ3) is 3.72. The highest BCUT2D eigenvalue weighted by Crippen LogP contribution is 2.23. The lowest BCUT2D eigenvalue weighted by atomic mass is 10.2. The van der Waals surface area contributed by atoms with Crippen molar-refractivity contribution in [2.24, 2.45) is 0 Å². The van der Waals surface area contributed by atoms with E-state index in [-0.39, 0.29) is 23.5 Å². The van der Waals surface area contributed by atoms with Gasteiger partial charge in [-0.25, -0.2) is 9.07 Å². The Kier molecular flexibility index (Phi) is 5.26. The van der Waals surface area contributed by atoms with Gasteiger partial charge in [-0.3, -0.25) is 14.5 Å². The summed E-state index contributed by atoms with van der Waals surface area (Å²) < 4.78 is 20.8. The van der Waals surface area contributed by atoms with E-state index in [4.69, 9.17) is 4.42 Å². The van der Waals surface area contributed by atoms with Crippen LogP contribution in [0, 0.1) is 5.82 Å². The summed E-state index contributed by atoms with van der Waals surface area (Å²) in [4.78, 5) is 26.1. The molecule has 0 spiro atoms. The first-order chi connectivity index (χ1) is 12.6. The van der Waals surface area contributed by atoms with Gasteiger partial charge < -0.3 is 4.42 Å². The number of amides is 1. The molecule has 134 valence electrons. The number of furan rings is 1. The van der Waals surface area contributed by atoms with Crippen LogP contribution in [-0.2, 0) is 13.1 Å². The lowest BCUT2D eigenvalue weighted by Crippen LogP contribution is -2.34. The largest absolute Gasteiger partial charge is 0.467 e. The van der Waals surface area contributed by atoms with Crippen molar-refractivity contribution in [3.05, 3.63) is 82.4 Å². The zero-order valence-corrected chi connectivity index (χ0v) is 14.3. The second kappa shape index (κ2) is 7.77. The van der Waals surface area contributed by atoms with Gasteiger partial charge in [0.15, 0.2) is 0 Å². The highest BCUT2D eigenvalue weighted by atomic mass is 19.1. The van der Waals surface area contributed by atoms with Crippen LogP contribution in [0.1, 0.15) is 29.6 Å². The molecule has 26 heavy (non-hydrogen) atoms. The van der Waals surface area contributed by atoms with Gasteiger partial charge in [0.05, 0.1) is 18.5 Å². The van der Waals surface area contributed by atoms with Crippen LogP contribution in [-0.4, -0.2) is 15.7 Å². The van der Waals surface area contributed by atoms with Crippen molar-refractivity contribution in [3.63, 3.8) is 0 Å². The Bertz CT molecular complexity index is 951. The monoisotopic (exact) mass is 355 g/mol. The van der Waals surface area contributed by atoms with Crippen LogP contribution >= 0.6 is 0 Å². The Morgan fingerprint density at radius 1 is 1.19 bits per heavy atom. The van der Waals surface area contributed by atoms with Crippen molar-refractivity contribution < 1.29 is 13.6 Å². The smallest absolute Gasteiger partial charge is 0.279 e.